The van der Waals surface area contributed by atoms with Crippen LogP contribution in [0.1, 0.15) is 22.5 Å². The molecular weight excluding hydrogens is 208 g/mol. The van der Waals surface area contributed by atoms with Gasteiger partial charge in [0.25, 0.3) is 5.56 Å². The zero-order valence-corrected chi connectivity index (χ0v) is 7.48. The van der Waals surface area contributed by atoms with Crippen LogP contribution in [0.3, 0.4) is 0 Å². The van der Waals surface area contributed by atoms with Crippen LogP contribution in [0.5, 0.6) is 0 Å². The van der Waals surface area contributed by atoms with Gasteiger partial charge in [-0.1, -0.05) is 12.7 Å². The van der Waals surface area contributed by atoms with Gasteiger partial charge in [-0.05, 0) is 11.6 Å². The van der Waals surface area contributed by atoms with Crippen molar-refractivity contribution in [2.45, 2.75) is 6.55 Å². The minimum Gasteiger partial charge on any atom is -0.477 e. The van der Waals surface area contributed by atoms with E-state index in [1.807, 2.05) is 0 Å². The first-order chi connectivity index (χ1) is 6.97. The average Bonchev–Trinajstić information content (AvgIpc) is 2.17. The number of carbonyl (C=O) groups is 1. The van der Waals surface area contributed by atoms with Crippen molar-refractivity contribution in [2.75, 3.05) is 0 Å². The Hall–Kier alpha value is -1.98. The quantitative estimate of drug-likeness (QED) is 0.832. The number of rotatable bonds is 3. The number of alkyl halides is 2. The van der Waals surface area contributed by atoms with Crippen LogP contribution < -0.4 is 5.56 Å². The third-order valence-corrected chi connectivity index (χ3v) is 1.74. The maximum Gasteiger partial charge on any atom is 0.341 e. The second-order valence-corrected chi connectivity index (χ2v) is 2.69. The standard InChI is InChI=1S/C9H7F2NO3/c1-2-5-3-6(8(14)15)7(13)12(4-5)9(10)11/h2-4,9H,1H2,(H,14,15). The second kappa shape index (κ2) is 4.04. The topological polar surface area (TPSA) is 59.3 Å². The SMILES string of the molecule is C=Cc1cc(C(=O)O)c(=O)n(C(F)F)c1. The molecule has 1 aromatic heterocycles. The summed E-state index contributed by atoms with van der Waals surface area (Å²) in [4.78, 5) is 21.8. The van der Waals surface area contributed by atoms with Crippen LogP contribution in [0, 0.1) is 0 Å². The van der Waals surface area contributed by atoms with E-state index in [1.54, 1.807) is 0 Å². The molecule has 0 unspecified atom stereocenters. The van der Waals surface area contributed by atoms with Crippen molar-refractivity contribution >= 4 is 12.0 Å². The number of carboxylic acid groups (broad SMARTS) is 1. The summed E-state index contributed by atoms with van der Waals surface area (Å²) in [6.07, 6.45) is 2.04. The zero-order valence-electron chi connectivity index (χ0n) is 7.48. The smallest absolute Gasteiger partial charge is 0.341 e. The normalized spacial score (nSPS) is 10.3. The van der Waals surface area contributed by atoms with Gasteiger partial charge in [-0.2, -0.15) is 8.78 Å². The molecule has 0 aliphatic carbocycles. The van der Waals surface area contributed by atoms with Crippen LogP contribution in [0.25, 0.3) is 6.08 Å². The molecule has 0 radical (unpaired) electrons. The van der Waals surface area contributed by atoms with Gasteiger partial charge in [0, 0.05) is 6.20 Å². The number of pyridine rings is 1. The highest BCUT2D eigenvalue weighted by Crippen LogP contribution is 2.10. The predicted octanol–water partition coefficient (Wildman–Crippen LogP) is 1.58. The van der Waals surface area contributed by atoms with Gasteiger partial charge in [0.15, 0.2) is 0 Å². The van der Waals surface area contributed by atoms with Crippen LogP contribution in [0.4, 0.5) is 8.78 Å². The molecule has 80 valence electrons. The third-order valence-electron chi connectivity index (χ3n) is 1.74. The number of nitrogens with zero attached hydrogens (tertiary/aromatic N) is 1. The largest absolute Gasteiger partial charge is 0.477 e. The summed E-state index contributed by atoms with van der Waals surface area (Å²) in [7, 11) is 0. The molecule has 0 aromatic carbocycles. The van der Waals surface area contributed by atoms with Crippen molar-refractivity contribution in [3.05, 3.63) is 40.3 Å². The lowest BCUT2D eigenvalue weighted by molar-refractivity contribution is 0.0629. The summed E-state index contributed by atoms with van der Waals surface area (Å²) in [5.41, 5.74) is -1.79. The first-order valence-corrected chi connectivity index (χ1v) is 3.87. The molecule has 0 saturated heterocycles. The molecule has 0 atom stereocenters. The van der Waals surface area contributed by atoms with Gasteiger partial charge >= 0.3 is 12.5 Å². The van der Waals surface area contributed by atoms with E-state index in [0.717, 1.165) is 12.3 Å². The van der Waals surface area contributed by atoms with E-state index in [9.17, 15) is 18.4 Å². The van der Waals surface area contributed by atoms with Gasteiger partial charge in [0.2, 0.25) is 0 Å². The minimum atomic E-state index is -3.07. The second-order valence-electron chi connectivity index (χ2n) is 2.69. The summed E-state index contributed by atoms with van der Waals surface area (Å²) in [6.45, 7) is 0.235. The Morgan fingerprint density at radius 2 is 2.20 bits per heavy atom. The molecule has 0 bridgehead atoms. The number of hydrogen-bond acceptors (Lipinski definition) is 2. The van der Waals surface area contributed by atoms with Crippen LogP contribution >= 0.6 is 0 Å². The summed E-state index contributed by atoms with van der Waals surface area (Å²) in [5, 5.41) is 8.60. The van der Waals surface area contributed by atoms with Crippen LogP contribution in [0.15, 0.2) is 23.6 Å². The molecule has 1 aromatic rings. The Balaban J connectivity index is 3.54. The lowest BCUT2D eigenvalue weighted by Crippen LogP contribution is -2.26. The summed E-state index contributed by atoms with van der Waals surface area (Å²) in [6, 6.07) is 0.997. The molecule has 1 rings (SSSR count). The van der Waals surface area contributed by atoms with Gasteiger partial charge in [0.1, 0.15) is 5.56 Å². The number of halogens is 2. The van der Waals surface area contributed by atoms with Gasteiger partial charge in [-0.3, -0.25) is 9.36 Å². The molecule has 4 nitrogen and oxygen atoms in total. The van der Waals surface area contributed by atoms with Crippen molar-refractivity contribution in [3.8, 4) is 0 Å². The Morgan fingerprint density at radius 3 is 2.60 bits per heavy atom. The van der Waals surface area contributed by atoms with Crippen molar-refractivity contribution in [2.24, 2.45) is 0 Å². The maximum absolute atomic E-state index is 12.3. The lowest BCUT2D eigenvalue weighted by atomic mass is 10.2. The van der Waals surface area contributed by atoms with Crippen LogP contribution in [-0.2, 0) is 0 Å². The van der Waals surface area contributed by atoms with E-state index in [4.69, 9.17) is 5.11 Å². The molecule has 0 saturated carbocycles. The highest BCUT2D eigenvalue weighted by Gasteiger charge is 2.16. The molecule has 0 aliphatic rings. The first-order valence-electron chi connectivity index (χ1n) is 3.87. The monoisotopic (exact) mass is 215 g/mol. The maximum atomic E-state index is 12.3. The van der Waals surface area contributed by atoms with Crippen LogP contribution in [0.2, 0.25) is 0 Å². The summed E-state index contributed by atoms with van der Waals surface area (Å²) < 4.78 is 24.7. The van der Waals surface area contributed by atoms with Crippen LogP contribution in [-0.4, -0.2) is 15.6 Å². The number of aromatic nitrogens is 1. The number of aromatic carboxylic acids is 1. The van der Waals surface area contributed by atoms with Crippen molar-refractivity contribution < 1.29 is 18.7 Å². The predicted molar refractivity (Wildman–Crippen MR) is 49.0 cm³/mol. The number of carboxylic acids is 1. The molecule has 15 heavy (non-hydrogen) atoms. The average molecular weight is 215 g/mol. The Kier molecular flexibility index (Phi) is 2.99. The molecule has 0 fully saturated rings. The molecular formula is C9H7F2NO3. The Labute approximate surface area is 83.1 Å². The fraction of sp³-hybridized carbons (Fsp3) is 0.111. The van der Waals surface area contributed by atoms with Crippen molar-refractivity contribution in [1.82, 2.24) is 4.57 Å². The molecule has 0 aliphatic heterocycles. The van der Waals surface area contributed by atoms with Gasteiger partial charge in [-0.25, -0.2) is 4.79 Å². The van der Waals surface area contributed by atoms with E-state index < -0.39 is 23.6 Å². The highest BCUT2D eigenvalue weighted by molar-refractivity contribution is 5.87. The minimum absolute atomic E-state index is 0.0560. The molecule has 1 N–H and O–H groups in total. The fourth-order valence-electron chi connectivity index (χ4n) is 1.03. The fourth-order valence-corrected chi connectivity index (χ4v) is 1.03. The van der Waals surface area contributed by atoms with Gasteiger partial charge in [0.05, 0.1) is 0 Å². The Bertz CT molecular complexity index is 465. The van der Waals surface area contributed by atoms with Gasteiger partial charge < -0.3 is 5.11 Å². The molecule has 0 spiro atoms. The van der Waals surface area contributed by atoms with E-state index in [0.29, 0.717) is 0 Å². The van der Waals surface area contributed by atoms with E-state index in [2.05, 4.69) is 6.58 Å². The first kappa shape index (κ1) is 11.1. The zero-order chi connectivity index (χ0) is 11.6. The third kappa shape index (κ3) is 2.09. The van der Waals surface area contributed by atoms with Crippen molar-refractivity contribution in [3.63, 3.8) is 0 Å². The molecule has 6 heteroatoms. The summed E-state index contributed by atoms with van der Waals surface area (Å²) >= 11 is 0. The lowest BCUT2D eigenvalue weighted by Gasteiger charge is -2.06. The highest BCUT2D eigenvalue weighted by atomic mass is 19.3. The van der Waals surface area contributed by atoms with E-state index in [-0.39, 0.29) is 10.1 Å². The summed E-state index contributed by atoms with van der Waals surface area (Å²) in [5.74, 6) is -1.54. The van der Waals surface area contributed by atoms with E-state index >= 15 is 0 Å². The van der Waals surface area contributed by atoms with Gasteiger partial charge in [-0.15, -0.1) is 0 Å². The van der Waals surface area contributed by atoms with E-state index in [1.165, 1.54) is 6.08 Å². The molecule has 0 amide bonds. The number of hydrogen-bond donors (Lipinski definition) is 1. The molecule has 1 heterocycles. The Morgan fingerprint density at radius 1 is 1.60 bits per heavy atom. The van der Waals surface area contributed by atoms with Crippen molar-refractivity contribution in [1.29, 1.82) is 0 Å².